The van der Waals surface area contributed by atoms with Crippen LogP contribution < -0.4 is 10.6 Å². The minimum absolute atomic E-state index is 0.107. The maximum atomic E-state index is 12.5. The molecule has 6 heteroatoms. The van der Waals surface area contributed by atoms with Crippen molar-refractivity contribution < 1.29 is 14.1 Å². The zero-order valence-electron chi connectivity index (χ0n) is 15.1. The molecular weight excluding hydrogens is 318 g/mol. The number of rotatable bonds is 6. The monoisotopic (exact) mass is 347 g/mol. The molecule has 0 aromatic carbocycles. The molecule has 2 atom stereocenters. The van der Waals surface area contributed by atoms with E-state index in [4.69, 9.17) is 4.52 Å². The molecule has 1 aliphatic carbocycles. The van der Waals surface area contributed by atoms with Crippen LogP contribution in [0.2, 0.25) is 0 Å². The number of carbonyl (C=O) groups excluding carboxylic acids is 2. The lowest BCUT2D eigenvalue weighted by atomic mass is 9.81. The number of amides is 1. The smallest absolute Gasteiger partial charge is 0.220 e. The highest BCUT2D eigenvalue weighted by atomic mass is 16.5. The summed E-state index contributed by atoms with van der Waals surface area (Å²) in [6, 6.07) is 2.10. The van der Waals surface area contributed by atoms with E-state index in [9.17, 15) is 9.59 Å². The normalized spacial score (nSPS) is 24.8. The maximum absolute atomic E-state index is 12.5. The van der Waals surface area contributed by atoms with Gasteiger partial charge >= 0.3 is 0 Å². The summed E-state index contributed by atoms with van der Waals surface area (Å²) in [6.45, 7) is 3.31. The second-order valence-corrected chi connectivity index (χ2v) is 7.56. The number of Topliss-reactive ketones (excluding diaryl/α,β-unsaturated/α-hetero) is 1. The number of nitrogens with one attached hydrogen (secondary N) is 2. The van der Waals surface area contributed by atoms with Crippen LogP contribution in [0.1, 0.15) is 68.1 Å². The molecule has 0 radical (unpaired) electrons. The van der Waals surface area contributed by atoms with Gasteiger partial charge in [-0.2, -0.15) is 0 Å². The van der Waals surface area contributed by atoms with Crippen LogP contribution in [0.3, 0.4) is 0 Å². The Kier molecular flexibility index (Phi) is 6.24. The first-order chi connectivity index (χ1) is 12.1. The van der Waals surface area contributed by atoms with E-state index in [1.165, 1.54) is 26.2 Å². The van der Waals surface area contributed by atoms with Crippen LogP contribution in [0, 0.1) is 11.8 Å². The van der Waals surface area contributed by atoms with Crippen molar-refractivity contribution in [2.24, 2.45) is 11.8 Å². The number of nitrogens with zero attached hydrogens (tertiary/aromatic N) is 1. The molecule has 1 saturated carbocycles. The Morgan fingerprint density at radius 1 is 1.24 bits per heavy atom. The average Bonchev–Trinajstić information content (AvgIpc) is 3.06. The molecule has 2 N–H and O–H groups in total. The highest BCUT2D eigenvalue weighted by Gasteiger charge is 2.29. The van der Waals surface area contributed by atoms with E-state index in [1.807, 2.05) is 0 Å². The Morgan fingerprint density at radius 3 is 2.76 bits per heavy atom. The number of hydrogen-bond acceptors (Lipinski definition) is 5. The first-order valence-corrected chi connectivity index (χ1v) is 9.58. The molecule has 3 rings (SSSR count). The molecule has 138 valence electrons. The molecule has 1 aliphatic heterocycles. The lowest BCUT2D eigenvalue weighted by Crippen LogP contribution is -2.42. The Bertz CT molecular complexity index is 592. The Balaban J connectivity index is 1.54. The average molecular weight is 347 g/mol. The van der Waals surface area contributed by atoms with E-state index in [0.29, 0.717) is 30.1 Å². The number of carbonyl (C=O) groups is 2. The summed E-state index contributed by atoms with van der Waals surface area (Å²) in [6.07, 6.45) is 8.31. The van der Waals surface area contributed by atoms with Crippen molar-refractivity contribution in [1.82, 2.24) is 15.8 Å². The zero-order chi connectivity index (χ0) is 17.6. The van der Waals surface area contributed by atoms with Gasteiger partial charge in [0.25, 0.3) is 0 Å². The number of aromatic nitrogens is 1. The van der Waals surface area contributed by atoms with Crippen LogP contribution in [-0.2, 0) is 11.2 Å². The summed E-state index contributed by atoms with van der Waals surface area (Å²) in [4.78, 5) is 23.8. The highest BCUT2D eigenvalue weighted by molar-refractivity contribution is 5.91. The van der Waals surface area contributed by atoms with Gasteiger partial charge in [-0.25, -0.2) is 0 Å². The van der Waals surface area contributed by atoms with Crippen molar-refractivity contribution in [2.75, 3.05) is 13.1 Å². The third kappa shape index (κ3) is 5.14. The van der Waals surface area contributed by atoms with Gasteiger partial charge in [-0.1, -0.05) is 24.4 Å². The Morgan fingerprint density at radius 2 is 2.04 bits per heavy atom. The van der Waals surface area contributed by atoms with Crippen LogP contribution in [-0.4, -0.2) is 36.0 Å². The molecule has 6 nitrogen and oxygen atoms in total. The van der Waals surface area contributed by atoms with E-state index in [-0.39, 0.29) is 11.7 Å². The van der Waals surface area contributed by atoms with E-state index >= 15 is 0 Å². The molecule has 2 fully saturated rings. The molecule has 1 aromatic rings. The summed E-state index contributed by atoms with van der Waals surface area (Å²) >= 11 is 0. The predicted octanol–water partition coefficient (Wildman–Crippen LogP) is 2.48. The molecule has 1 aromatic heterocycles. The van der Waals surface area contributed by atoms with E-state index in [0.717, 1.165) is 44.5 Å². The van der Waals surface area contributed by atoms with Crippen LogP contribution in [0.5, 0.6) is 0 Å². The molecule has 0 spiro atoms. The quantitative estimate of drug-likeness (QED) is 0.772. The van der Waals surface area contributed by atoms with E-state index in [1.54, 1.807) is 6.07 Å². The van der Waals surface area contributed by atoms with Crippen molar-refractivity contribution >= 4 is 11.7 Å². The lowest BCUT2D eigenvalue weighted by Gasteiger charge is -2.32. The second-order valence-electron chi connectivity index (χ2n) is 7.56. The lowest BCUT2D eigenvalue weighted by molar-refractivity contribution is -0.123. The van der Waals surface area contributed by atoms with Crippen LogP contribution in [0.25, 0.3) is 0 Å². The van der Waals surface area contributed by atoms with Crippen molar-refractivity contribution in [3.63, 3.8) is 0 Å². The Labute approximate surface area is 149 Å². The van der Waals surface area contributed by atoms with Gasteiger partial charge in [0.15, 0.2) is 5.78 Å². The molecule has 0 bridgehead atoms. The standard InChI is InChI=1S/C19H29N3O3/c1-13(23)18-11-17(22-25-18)9-15-12-20-8-7-14(15)10-19(24)21-16-5-3-2-4-6-16/h11,14-16,20H,2-10,12H2,1H3,(H,21,24)/t14-,15-/m0/s1. The van der Waals surface area contributed by atoms with Gasteiger partial charge < -0.3 is 15.2 Å². The minimum Gasteiger partial charge on any atom is -0.353 e. The summed E-state index contributed by atoms with van der Waals surface area (Å²) in [5.41, 5.74) is 0.802. The topological polar surface area (TPSA) is 84.2 Å². The largest absolute Gasteiger partial charge is 0.353 e. The number of hydrogen-bond donors (Lipinski definition) is 2. The molecule has 1 saturated heterocycles. The fourth-order valence-electron chi connectivity index (χ4n) is 4.10. The van der Waals surface area contributed by atoms with E-state index in [2.05, 4.69) is 15.8 Å². The van der Waals surface area contributed by atoms with Gasteiger partial charge in [0.2, 0.25) is 11.7 Å². The fourth-order valence-corrected chi connectivity index (χ4v) is 4.10. The third-order valence-electron chi connectivity index (χ3n) is 5.56. The van der Waals surface area contributed by atoms with Gasteiger partial charge in [-0.3, -0.25) is 9.59 Å². The Hall–Kier alpha value is -1.69. The number of ketones is 1. The predicted molar refractivity (Wildman–Crippen MR) is 94.3 cm³/mol. The minimum atomic E-state index is -0.107. The summed E-state index contributed by atoms with van der Waals surface area (Å²) in [7, 11) is 0. The first-order valence-electron chi connectivity index (χ1n) is 9.58. The van der Waals surface area contributed by atoms with Gasteiger partial charge in [0, 0.05) is 25.5 Å². The van der Waals surface area contributed by atoms with Crippen molar-refractivity contribution in [3.8, 4) is 0 Å². The van der Waals surface area contributed by atoms with Crippen molar-refractivity contribution in [1.29, 1.82) is 0 Å². The van der Waals surface area contributed by atoms with Crippen molar-refractivity contribution in [2.45, 2.75) is 64.3 Å². The summed E-state index contributed by atoms with van der Waals surface area (Å²) in [5.74, 6) is 1.08. The van der Waals surface area contributed by atoms with E-state index < -0.39 is 0 Å². The molecule has 2 heterocycles. The molecule has 0 unspecified atom stereocenters. The maximum Gasteiger partial charge on any atom is 0.220 e. The zero-order valence-corrected chi connectivity index (χ0v) is 15.1. The van der Waals surface area contributed by atoms with Crippen LogP contribution in [0.15, 0.2) is 10.6 Å². The molecule has 1 amide bonds. The molecule has 25 heavy (non-hydrogen) atoms. The number of piperidine rings is 1. The first kappa shape index (κ1) is 18.1. The fraction of sp³-hybridized carbons (Fsp3) is 0.737. The molecule has 2 aliphatic rings. The van der Waals surface area contributed by atoms with Gasteiger partial charge in [-0.05, 0) is 50.6 Å². The summed E-state index contributed by atoms with van der Waals surface area (Å²) in [5, 5.41) is 10.7. The third-order valence-corrected chi connectivity index (χ3v) is 5.56. The second kappa shape index (κ2) is 8.61. The highest BCUT2D eigenvalue weighted by Crippen LogP contribution is 2.27. The summed E-state index contributed by atoms with van der Waals surface area (Å²) < 4.78 is 5.09. The van der Waals surface area contributed by atoms with Gasteiger partial charge in [0.1, 0.15) is 0 Å². The molecular formula is C19H29N3O3. The van der Waals surface area contributed by atoms with Crippen molar-refractivity contribution in [3.05, 3.63) is 17.5 Å². The van der Waals surface area contributed by atoms with Crippen LogP contribution in [0.4, 0.5) is 0 Å². The van der Waals surface area contributed by atoms with Gasteiger partial charge in [-0.15, -0.1) is 0 Å². The van der Waals surface area contributed by atoms with Crippen LogP contribution >= 0.6 is 0 Å². The van der Waals surface area contributed by atoms with Gasteiger partial charge in [0.05, 0.1) is 5.69 Å². The SMILES string of the molecule is CC(=O)c1cc(C[C@H]2CNCC[C@H]2CC(=O)NC2CCCCC2)no1.